The minimum absolute atomic E-state index is 0.0679. The minimum atomic E-state index is -1.12. The van der Waals surface area contributed by atoms with Crippen molar-refractivity contribution >= 4 is 17.6 Å². The molecule has 0 fully saturated rings. The van der Waals surface area contributed by atoms with Crippen LogP contribution in [0.25, 0.3) is 0 Å². The van der Waals surface area contributed by atoms with E-state index in [1.54, 1.807) is 0 Å². The quantitative estimate of drug-likeness (QED) is 0.675. The fraction of sp³-hybridized carbons (Fsp3) is 0.200. The average Bonchev–Trinajstić information content (AvgIpc) is 2.11. The molecule has 0 atom stereocenters. The fourth-order valence-electron chi connectivity index (χ4n) is 0.581. The van der Waals surface area contributed by atoms with Crippen molar-refractivity contribution in [1.82, 2.24) is 5.16 Å². The molecule has 5 heteroatoms. The van der Waals surface area contributed by atoms with Gasteiger partial charge in [-0.3, -0.25) is 0 Å². The molecule has 0 saturated carbocycles. The molecular weight excluding hydrogens is 158 g/mol. The third-order valence-electron chi connectivity index (χ3n) is 1.03. The largest absolute Gasteiger partial charge is 0.477 e. The molecule has 4 nitrogen and oxygen atoms in total. The summed E-state index contributed by atoms with van der Waals surface area (Å²) >= 11 is 5.33. The van der Waals surface area contributed by atoms with Crippen LogP contribution in [0.1, 0.15) is 16.1 Å². The number of carboxylic acids is 1. The lowest BCUT2D eigenvalue weighted by Crippen LogP contribution is -1.96. The highest BCUT2D eigenvalue weighted by molar-refractivity contribution is 6.31. The first-order valence-corrected chi connectivity index (χ1v) is 2.85. The van der Waals surface area contributed by atoms with Gasteiger partial charge in [0.25, 0.3) is 0 Å². The van der Waals surface area contributed by atoms with Crippen LogP contribution in [0.4, 0.5) is 0 Å². The number of halogens is 1. The maximum atomic E-state index is 10.3. The summed E-state index contributed by atoms with van der Waals surface area (Å²) in [5.74, 6) is -1.12. The first-order chi connectivity index (χ1) is 4.63. The molecule has 0 aliphatic carbocycles. The molecule has 1 rings (SSSR count). The Labute approximate surface area is 61.4 Å². The van der Waals surface area contributed by atoms with Crippen molar-refractivity contribution < 1.29 is 14.4 Å². The van der Waals surface area contributed by atoms with Crippen LogP contribution in [0, 0.1) is 6.92 Å². The van der Waals surface area contributed by atoms with E-state index in [9.17, 15) is 4.79 Å². The zero-order valence-electron chi connectivity index (χ0n) is 5.09. The van der Waals surface area contributed by atoms with Crippen LogP contribution in [-0.4, -0.2) is 16.2 Å². The first-order valence-electron chi connectivity index (χ1n) is 2.48. The van der Waals surface area contributed by atoms with Crippen molar-refractivity contribution in [3.05, 3.63) is 16.5 Å². The number of hydrogen-bond acceptors (Lipinski definition) is 3. The van der Waals surface area contributed by atoms with E-state index in [2.05, 4.69) is 9.68 Å². The molecular formula is C5H4ClNO3. The summed E-state index contributed by atoms with van der Waals surface area (Å²) in [6.07, 6.45) is 0. The maximum absolute atomic E-state index is 10.3. The SMILES string of the molecule is Cc1noc(Cl)c1C(=O)O. The van der Waals surface area contributed by atoms with Crippen molar-refractivity contribution in [2.75, 3.05) is 0 Å². The molecule has 0 aliphatic heterocycles. The summed E-state index contributed by atoms with van der Waals surface area (Å²) in [4.78, 5) is 10.3. The molecule has 0 bridgehead atoms. The molecule has 54 valence electrons. The third-order valence-corrected chi connectivity index (χ3v) is 1.29. The monoisotopic (exact) mass is 161 g/mol. The minimum Gasteiger partial charge on any atom is -0.477 e. The van der Waals surface area contributed by atoms with Gasteiger partial charge in [-0.05, 0) is 18.5 Å². The first kappa shape index (κ1) is 7.08. The molecule has 0 radical (unpaired) electrons. The molecule has 1 aromatic rings. The Morgan fingerprint density at radius 2 is 2.40 bits per heavy atom. The number of carbonyl (C=O) groups is 1. The van der Waals surface area contributed by atoms with E-state index >= 15 is 0 Å². The lowest BCUT2D eigenvalue weighted by Gasteiger charge is -1.85. The predicted octanol–water partition coefficient (Wildman–Crippen LogP) is 1.33. The van der Waals surface area contributed by atoms with Gasteiger partial charge in [0.2, 0.25) is 5.22 Å². The molecule has 1 N–H and O–H groups in total. The maximum Gasteiger partial charge on any atom is 0.342 e. The van der Waals surface area contributed by atoms with Crippen molar-refractivity contribution in [2.24, 2.45) is 0 Å². The van der Waals surface area contributed by atoms with Crippen LogP contribution >= 0.6 is 11.6 Å². The van der Waals surface area contributed by atoms with Crippen LogP contribution in [0.2, 0.25) is 5.22 Å². The summed E-state index contributed by atoms with van der Waals surface area (Å²) in [5.41, 5.74) is 0.221. The molecule has 0 aromatic carbocycles. The second kappa shape index (κ2) is 2.30. The topological polar surface area (TPSA) is 63.3 Å². The molecule has 0 amide bonds. The molecule has 0 spiro atoms. The van der Waals surface area contributed by atoms with Gasteiger partial charge in [0, 0.05) is 0 Å². The van der Waals surface area contributed by atoms with Crippen molar-refractivity contribution in [2.45, 2.75) is 6.92 Å². The van der Waals surface area contributed by atoms with Crippen LogP contribution < -0.4 is 0 Å². The number of aromatic nitrogens is 1. The zero-order valence-corrected chi connectivity index (χ0v) is 5.84. The second-order valence-electron chi connectivity index (χ2n) is 1.72. The van der Waals surface area contributed by atoms with E-state index in [4.69, 9.17) is 16.7 Å². The van der Waals surface area contributed by atoms with Gasteiger partial charge >= 0.3 is 5.97 Å². The highest BCUT2D eigenvalue weighted by Gasteiger charge is 2.17. The van der Waals surface area contributed by atoms with Crippen LogP contribution in [0.3, 0.4) is 0 Å². The van der Waals surface area contributed by atoms with Crippen LogP contribution in [0.15, 0.2) is 4.52 Å². The highest BCUT2D eigenvalue weighted by atomic mass is 35.5. The lowest BCUT2D eigenvalue weighted by molar-refractivity contribution is 0.0695. The van der Waals surface area contributed by atoms with Gasteiger partial charge in [0.05, 0.1) is 5.69 Å². The molecule has 1 aromatic heterocycles. The summed E-state index contributed by atoms with van der Waals surface area (Å²) < 4.78 is 4.39. The van der Waals surface area contributed by atoms with E-state index in [0.29, 0.717) is 0 Å². The van der Waals surface area contributed by atoms with Gasteiger partial charge < -0.3 is 9.63 Å². The standard InChI is InChI=1S/C5H4ClNO3/c1-2-3(5(8)9)4(6)10-7-2/h1H3,(H,8,9). The van der Waals surface area contributed by atoms with E-state index < -0.39 is 5.97 Å². The van der Waals surface area contributed by atoms with Crippen LogP contribution in [-0.2, 0) is 0 Å². The summed E-state index contributed by atoms with van der Waals surface area (Å²) in [6.45, 7) is 1.51. The average molecular weight is 162 g/mol. The number of hydrogen-bond donors (Lipinski definition) is 1. The predicted molar refractivity (Wildman–Crippen MR) is 33.2 cm³/mol. The Kier molecular flexibility index (Phi) is 1.63. The van der Waals surface area contributed by atoms with Gasteiger partial charge in [0.15, 0.2) is 0 Å². The van der Waals surface area contributed by atoms with E-state index in [0.717, 1.165) is 0 Å². The van der Waals surface area contributed by atoms with E-state index in [1.165, 1.54) is 6.92 Å². The number of nitrogens with zero attached hydrogens (tertiary/aromatic N) is 1. The van der Waals surface area contributed by atoms with Crippen molar-refractivity contribution in [3.63, 3.8) is 0 Å². The smallest absolute Gasteiger partial charge is 0.342 e. The van der Waals surface area contributed by atoms with Crippen molar-refractivity contribution in [3.8, 4) is 0 Å². The highest BCUT2D eigenvalue weighted by Crippen LogP contribution is 2.17. The van der Waals surface area contributed by atoms with Gasteiger partial charge in [0.1, 0.15) is 5.56 Å². The molecule has 10 heavy (non-hydrogen) atoms. The second-order valence-corrected chi connectivity index (χ2v) is 2.07. The van der Waals surface area contributed by atoms with E-state index in [1.807, 2.05) is 0 Å². The Bertz CT molecular complexity index is 248. The summed E-state index contributed by atoms with van der Waals surface area (Å²) in [7, 11) is 0. The summed E-state index contributed by atoms with van der Waals surface area (Å²) in [5, 5.41) is 11.6. The summed E-state index contributed by atoms with van der Waals surface area (Å²) in [6, 6.07) is 0. The van der Waals surface area contributed by atoms with Gasteiger partial charge in [-0.15, -0.1) is 0 Å². The molecule has 1 heterocycles. The zero-order chi connectivity index (χ0) is 7.72. The normalized spacial score (nSPS) is 9.80. The molecule has 0 saturated heterocycles. The Morgan fingerprint density at radius 1 is 1.80 bits per heavy atom. The van der Waals surface area contributed by atoms with Gasteiger partial charge in [-0.2, -0.15) is 0 Å². The number of rotatable bonds is 1. The van der Waals surface area contributed by atoms with Crippen molar-refractivity contribution in [1.29, 1.82) is 0 Å². The number of carboxylic acid groups (broad SMARTS) is 1. The van der Waals surface area contributed by atoms with Crippen LogP contribution in [0.5, 0.6) is 0 Å². The van der Waals surface area contributed by atoms with Gasteiger partial charge in [-0.1, -0.05) is 5.16 Å². The Hall–Kier alpha value is -1.03. The molecule has 0 aliphatic rings. The Balaban J connectivity index is 3.23. The lowest BCUT2D eigenvalue weighted by atomic mass is 10.3. The van der Waals surface area contributed by atoms with Gasteiger partial charge in [-0.25, -0.2) is 4.79 Å². The third kappa shape index (κ3) is 0.974. The Morgan fingerprint density at radius 3 is 2.60 bits per heavy atom. The number of aryl methyl sites for hydroxylation is 1. The number of aromatic carboxylic acids is 1. The van der Waals surface area contributed by atoms with E-state index in [-0.39, 0.29) is 16.5 Å². The fourth-order valence-corrected chi connectivity index (χ4v) is 0.833. The molecule has 0 unspecified atom stereocenters.